The highest BCUT2D eigenvalue weighted by atomic mass is 16.5. The Morgan fingerprint density at radius 1 is 0.873 bits per heavy atom. The van der Waals surface area contributed by atoms with Gasteiger partial charge in [-0.15, -0.1) is 0 Å². The minimum absolute atomic E-state index is 0.0368. The third-order valence-electron chi connectivity index (χ3n) is 12.3. The number of ketones is 1. The van der Waals surface area contributed by atoms with Gasteiger partial charge in [0.2, 0.25) is 29.5 Å². The van der Waals surface area contributed by atoms with Crippen LogP contribution in [0, 0.1) is 29.6 Å². The van der Waals surface area contributed by atoms with Crippen LogP contribution in [0.5, 0.6) is 0 Å². The maximum absolute atomic E-state index is 14.4. The lowest BCUT2D eigenvalue weighted by Crippen LogP contribution is -2.54. The molecule has 1 heterocycles. The van der Waals surface area contributed by atoms with E-state index >= 15 is 0 Å². The van der Waals surface area contributed by atoms with E-state index in [0.717, 1.165) is 10.5 Å². The maximum Gasteiger partial charge on any atom is 0.326 e. The minimum atomic E-state index is -1.63. The average molecular weight is 994 g/mol. The number of carboxylic acid groups (broad SMARTS) is 2. The zero-order valence-corrected chi connectivity index (χ0v) is 42.4. The first-order chi connectivity index (χ1) is 33.3. The second-order valence-electron chi connectivity index (χ2n) is 18.6. The molecule has 0 spiro atoms. The van der Waals surface area contributed by atoms with Crippen molar-refractivity contribution in [1.29, 1.82) is 0 Å². The van der Waals surface area contributed by atoms with Crippen molar-refractivity contribution in [2.45, 2.75) is 130 Å². The van der Waals surface area contributed by atoms with Crippen molar-refractivity contribution in [2.75, 3.05) is 20.7 Å². The van der Waals surface area contributed by atoms with Crippen molar-refractivity contribution < 1.29 is 58.1 Å². The smallest absolute Gasteiger partial charge is 0.326 e. The zero-order valence-electron chi connectivity index (χ0n) is 42.4. The third-order valence-corrected chi connectivity index (χ3v) is 12.3. The van der Waals surface area contributed by atoms with Crippen molar-refractivity contribution >= 4 is 59.1 Å². The van der Waals surface area contributed by atoms with E-state index in [-0.39, 0.29) is 49.7 Å². The van der Waals surface area contributed by atoms with Crippen molar-refractivity contribution in [2.24, 2.45) is 46.0 Å². The van der Waals surface area contributed by atoms with Gasteiger partial charge in [0.15, 0.2) is 11.7 Å². The number of guanidine groups is 1. The molecule has 0 aliphatic carbocycles. The van der Waals surface area contributed by atoms with E-state index in [9.17, 15) is 53.4 Å². The first-order valence-electron chi connectivity index (χ1n) is 23.7. The van der Waals surface area contributed by atoms with E-state index in [2.05, 4.69) is 38.2 Å². The number of Topliss-reactive ketones (excluding diaryl/α,β-unsaturated/α-hetero) is 1. The van der Waals surface area contributed by atoms with Crippen molar-refractivity contribution in [3.05, 3.63) is 72.0 Å². The average Bonchev–Trinajstić information content (AvgIpc) is 3.31. The molecule has 11 N–H and O–H groups in total. The summed E-state index contributed by atoms with van der Waals surface area (Å²) in [5.74, 6) is -13.5. The number of benzene rings is 1. The monoisotopic (exact) mass is 994 g/mol. The molecular formula is C50H75N9O12. The van der Waals surface area contributed by atoms with Gasteiger partial charge in [0.25, 0.3) is 5.91 Å². The number of amides is 6. The molecule has 2 rings (SSSR count). The zero-order chi connectivity index (χ0) is 53.7. The number of nitrogens with two attached hydrogens (primary N) is 2. The molecule has 71 heavy (non-hydrogen) atoms. The first-order valence-corrected chi connectivity index (χ1v) is 23.7. The lowest BCUT2D eigenvalue weighted by atomic mass is 9.85. The van der Waals surface area contributed by atoms with Crippen molar-refractivity contribution in [3.8, 4) is 0 Å². The van der Waals surface area contributed by atoms with Crippen LogP contribution in [0.2, 0.25) is 0 Å². The van der Waals surface area contributed by atoms with Gasteiger partial charge in [-0.3, -0.25) is 43.3 Å². The number of hydrogen-bond acceptors (Lipinski definition) is 11. The van der Waals surface area contributed by atoms with Crippen LogP contribution in [0.1, 0.15) is 92.6 Å². The molecule has 0 saturated carbocycles. The van der Waals surface area contributed by atoms with Crippen LogP contribution >= 0.6 is 0 Å². The number of ether oxygens (including phenoxy) is 1. The van der Waals surface area contributed by atoms with Gasteiger partial charge in [0.05, 0.1) is 30.0 Å². The minimum Gasteiger partial charge on any atom is -0.481 e. The SMILES string of the molecule is C=C1C(=O)NC(C)C(=O)NC(CC(C)C)C(=O)CC(C(=O)O)C(C)C(=O)NC(CCCN=C(N)N)C(=O)NC(C=CC(C)=CC(C)C(Cc2ccccc2)OC)C(C)C(=O)NC(C(=O)O)CCC(=O)N1C. The number of likely N-dealkylation sites (N-methyl/N-ethyl adjacent to an activating group) is 1. The number of aliphatic carboxylic acids is 2. The molecule has 1 aromatic rings. The Morgan fingerprint density at radius 3 is 2.07 bits per heavy atom. The van der Waals surface area contributed by atoms with Gasteiger partial charge in [-0.1, -0.05) is 95.3 Å². The van der Waals surface area contributed by atoms with Gasteiger partial charge >= 0.3 is 11.9 Å². The fourth-order valence-corrected chi connectivity index (χ4v) is 7.71. The largest absolute Gasteiger partial charge is 0.481 e. The second kappa shape index (κ2) is 29.3. The summed E-state index contributed by atoms with van der Waals surface area (Å²) in [6, 6.07) is 3.08. The molecule has 1 aliphatic heterocycles. The van der Waals surface area contributed by atoms with Crippen molar-refractivity contribution in [1.82, 2.24) is 31.5 Å². The number of allylic oxidation sites excluding steroid dienone is 2. The molecule has 21 nitrogen and oxygen atoms in total. The molecule has 0 aromatic heterocycles. The number of rotatable bonds is 15. The molecule has 0 bridgehead atoms. The molecule has 1 saturated heterocycles. The van der Waals surface area contributed by atoms with Gasteiger partial charge in [-0.05, 0) is 57.4 Å². The molecule has 21 heteroatoms. The standard InChI is InChI=1S/C50H75N9O12/c1-27(2)23-39-40(60)26-35(48(67)68)30(5)43(62)56-37(17-14-22-53-50(51)52)47(66)55-36(19-18-28(3)24-29(4)41(71-10)25-34-15-12-11-13-16-34)31(6)44(63)57-38(49(69)70)20-21-42(61)59(9)33(8)46(65)54-32(7)45(64)58-39/h11-13,15-16,18-19,24,27,29-32,35-39,41H,8,14,17,20-23,25-26H2,1-7,9-10H3,(H,54,65)(H,55,66)(H,56,62)(H,57,63)(H,58,64)(H,67,68)(H,69,70)(H4,51,52,53). The number of aliphatic imine (C=N–C) groups is 1. The highest BCUT2D eigenvalue weighted by Gasteiger charge is 2.38. The Morgan fingerprint density at radius 2 is 1.49 bits per heavy atom. The summed E-state index contributed by atoms with van der Waals surface area (Å²) >= 11 is 0. The molecule has 6 amide bonds. The first kappa shape index (κ1) is 60.2. The summed E-state index contributed by atoms with van der Waals surface area (Å²) in [6.45, 7) is 15.1. The molecule has 10 atom stereocenters. The van der Waals surface area contributed by atoms with Gasteiger partial charge in [-0.2, -0.15) is 0 Å². The lowest BCUT2D eigenvalue weighted by Gasteiger charge is -2.28. The van der Waals surface area contributed by atoms with Crippen LogP contribution in [-0.2, 0) is 54.3 Å². The molecular weight excluding hydrogens is 919 g/mol. The number of methoxy groups -OCH3 is 1. The fraction of sp³-hybridized carbons (Fsp3) is 0.560. The number of carboxylic acids is 2. The Labute approximate surface area is 416 Å². The maximum atomic E-state index is 14.4. The second-order valence-corrected chi connectivity index (χ2v) is 18.6. The van der Waals surface area contributed by atoms with Gasteiger partial charge in [0.1, 0.15) is 23.8 Å². The predicted molar refractivity (Wildman–Crippen MR) is 266 cm³/mol. The van der Waals surface area contributed by atoms with Crippen LogP contribution in [-0.4, -0.2) is 131 Å². The van der Waals surface area contributed by atoms with E-state index in [0.29, 0.717) is 12.0 Å². The third kappa shape index (κ3) is 20.2. The van der Waals surface area contributed by atoms with Crippen LogP contribution in [0.25, 0.3) is 0 Å². The van der Waals surface area contributed by atoms with Crippen LogP contribution in [0.4, 0.5) is 0 Å². The number of nitrogens with one attached hydrogen (secondary N) is 5. The van der Waals surface area contributed by atoms with E-state index in [1.54, 1.807) is 34.0 Å². The lowest BCUT2D eigenvalue weighted by molar-refractivity contribution is -0.149. The van der Waals surface area contributed by atoms with E-state index in [4.69, 9.17) is 16.2 Å². The number of carbonyl (C=O) groups is 9. The molecule has 1 aromatic carbocycles. The van der Waals surface area contributed by atoms with Crippen LogP contribution in [0.3, 0.4) is 0 Å². The summed E-state index contributed by atoms with van der Waals surface area (Å²) in [6.07, 6.45) is 4.08. The Hall–Kier alpha value is -6.90. The van der Waals surface area contributed by atoms with Crippen LogP contribution in [0.15, 0.2) is 71.4 Å². The topological polar surface area (TPSA) is 331 Å². The van der Waals surface area contributed by atoms with E-state index in [1.807, 2.05) is 43.3 Å². The summed E-state index contributed by atoms with van der Waals surface area (Å²) in [5.41, 5.74) is 12.4. The number of carbonyl (C=O) groups excluding carboxylic acids is 7. The molecule has 1 aliphatic rings. The van der Waals surface area contributed by atoms with Gasteiger partial charge in [0, 0.05) is 45.4 Å². The van der Waals surface area contributed by atoms with E-state index < -0.39 is 126 Å². The summed E-state index contributed by atoms with van der Waals surface area (Å²) in [5, 5.41) is 33.4. The summed E-state index contributed by atoms with van der Waals surface area (Å²) < 4.78 is 5.82. The molecule has 0 radical (unpaired) electrons. The van der Waals surface area contributed by atoms with Crippen molar-refractivity contribution in [3.63, 3.8) is 0 Å². The van der Waals surface area contributed by atoms with Gasteiger partial charge in [-0.25, -0.2) is 4.79 Å². The number of nitrogens with zero attached hydrogens (tertiary/aromatic N) is 2. The van der Waals surface area contributed by atoms with E-state index in [1.165, 1.54) is 33.9 Å². The normalized spacial score (nSPS) is 25.4. The number of hydrogen-bond donors (Lipinski definition) is 9. The highest BCUT2D eigenvalue weighted by Crippen LogP contribution is 2.22. The van der Waals surface area contributed by atoms with Crippen LogP contribution < -0.4 is 38.1 Å². The molecule has 1 fully saturated rings. The summed E-state index contributed by atoms with van der Waals surface area (Å²) in [7, 11) is 2.83. The Balaban J connectivity index is 2.73. The Kier molecular flexibility index (Phi) is 24.9. The predicted octanol–water partition coefficient (Wildman–Crippen LogP) is 1.71. The van der Waals surface area contributed by atoms with Gasteiger partial charge < -0.3 is 57.9 Å². The highest BCUT2D eigenvalue weighted by molar-refractivity contribution is 6.00. The molecule has 10 unspecified atom stereocenters. The summed E-state index contributed by atoms with van der Waals surface area (Å²) in [4.78, 5) is 126. The fourth-order valence-electron chi connectivity index (χ4n) is 7.71. The Bertz CT molecular complexity index is 2160. The molecule has 392 valence electrons. The quantitative estimate of drug-likeness (QED) is 0.0397.